The van der Waals surface area contributed by atoms with E-state index in [2.05, 4.69) is 10.00 Å². The molecule has 0 N–H and O–H groups in total. The highest BCUT2D eigenvalue weighted by atomic mass is 16.1. The number of carbonyl (C=O) groups excluding carboxylic acids is 1. The molecule has 1 saturated heterocycles. The van der Waals surface area contributed by atoms with E-state index >= 15 is 0 Å². The highest BCUT2D eigenvalue weighted by Crippen LogP contribution is 2.16. The average Bonchev–Trinajstić information content (AvgIpc) is 3.04. The van der Waals surface area contributed by atoms with Gasteiger partial charge in [-0.2, -0.15) is 5.10 Å². The molecular formula is C16H17N3O2. The molecule has 5 heteroatoms. The van der Waals surface area contributed by atoms with Crippen molar-refractivity contribution >= 4 is 11.5 Å². The van der Waals surface area contributed by atoms with Crippen LogP contribution in [0.3, 0.4) is 0 Å². The fraction of sp³-hybridized carbons (Fsp3) is 0.312. The Balaban J connectivity index is 1.77. The van der Waals surface area contributed by atoms with Crippen molar-refractivity contribution < 1.29 is 4.79 Å². The molecule has 108 valence electrons. The number of benzene rings is 1. The molecule has 21 heavy (non-hydrogen) atoms. The van der Waals surface area contributed by atoms with E-state index in [-0.39, 0.29) is 17.9 Å². The molecule has 1 aliphatic heterocycles. The molecule has 3 rings (SSSR count). The third kappa shape index (κ3) is 3.02. The first kappa shape index (κ1) is 13.5. The monoisotopic (exact) mass is 283 g/mol. The van der Waals surface area contributed by atoms with E-state index < -0.39 is 0 Å². The van der Waals surface area contributed by atoms with Crippen LogP contribution in [-0.4, -0.2) is 28.7 Å². The lowest BCUT2D eigenvalue weighted by atomic mass is 10.1. The molecule has 1 fully saturated rings. The van der Waals surface area contributed by atoms with Gasteiger partial charge in [0.15, 0.2) is 5.78 Å². The summed E-state index contributed by atoms with van der Waals surface area (Å²) >= 11 is 0. The van der Waals surface area contributed by atoms with Gasteiger partial charge in [0.1, 0.15) is 6.54 Å². The molecule has 2 heterocycles. The summed E-state index contributed by atoms with van der Waals surface area (Å²) in [6.07, 6.45) is 3.97. The van der Waals surface area contributed by atoms with Gasteiger partial charge in [-0.25, -0.2) is 4.68 Å². The van der Waals surface area contributed by atoms with Gasteiger partial charge in [0.05, 0.1) is 11.9 Å². The van der Waals surface area contributed by atoms with Crippen LogP contribution in [0.5, 0.6) is 0 Å². The number of aromatic nitrogens is 2. The van der Waals surface area contributed by atoms with Crippen LogP contribution < -0.4 is 10.5 Å². The number of nitrogens with zero attached hydrogens (tertiary/aromatic N) is 3. The van der Waals surface area contributed by atoms with Gasteiger partial charge in [-0.05, 0) is 12.8 Å². The molecule has 0 atom stereocenters. The lowest BCUT2D eigenvalue weighted by Crippen LogP contribution is -2.28. The minimum Gasteiger partial charge on any atom is -0.370 e. The standard InChI is InChI=1S/C16H17N3O2/c20-15(13-6-2-1-3-7-13)12-19-16(21)10-14(11-17-19)18-8-4-5-9-18/h1-3,6-7,10-11H,4-5,8-9,12H2. The summed E-state index contributed by atoms with van der Waals surface area (Å²) < 4.78 is 1.22. The van der Waals surface area contributed by atoms with E-state index in [9.17, 15) is 9.59 Å². The van der Waals surface area contributed by atoms with Crippen LogP contribution in [0.1, 0.15) is 23.2 Å². The van der Waals surface area contributed by atoms with Gasteiger partial charge in [-0.3, -0.25) is 9.59 Å². The fourth-order valence-corrected chi connectivity index (χ4v) is 2.54. The summed E-state index contributed by atoms with van der Waals surface area (Å²) in [6, 6.07) is 10.5. The van der Waals surface area contributed by atoms with E-state index in [1.807, 2.05) is 6.07 Å². The number of Topliss-reactive ketones (excluding diaryl/α,β-unsaturated/α-hetero) is 1. The summed E-state index contributed by atoms with van der Waals surface area (Å²) in [4.78, 5) is 26.3. The normalized spacial score (nSPS) is 14.4. The molecule has 0 amide bonds. The third-order valence-corrected chi connectivity index (χ3v) is 3.72. The quantitative estimate of drug-likeness (QED) is 0.802. The summed E-state index contributed by atoms with van der Waals surface area (Å²) in [5, 5.41) is 4.13. The molecule has 0 unspecified atom stereocenters. The van der Waals surface area contributed by atoms with Crippen LogP contribution >= 0.6 is 0 Å². The zero-order valence-corrected chi connectivity index (χ0v) is 11.7. The van der Waals surface area contributed by atoms with Crippen molar-refractivity contribution in [1.29, 1.82) is 0 Å². The average molecular weight is 283 g/mol. The molecule has 0 bridgehead atoms. The van der Waals surface area contributed by atoms with Gasteiger partial charge in [0.25, 0.3) is 5.56 Å². The van der Waals surface area contributed by atoms with Crippen LogP contribution in [0.25, 0.3) is 0 Å². The minimum atomic E-state index is -0.233. The Morgan fingerprint density at radius 3 is 2.52 bits per heavy atom. The zero-order chi connectivity index (χ0) is 14.7. The maximum Gasteiger partial charge on any atom is 0.269 e. The van der Waals surface area contributed by atoms with E-state index in [1.54, 1.807) is 36.5 Å². The van der Waals surface area contributed by atoms with Crippen molar-refractivity contribution in [3.05, 3.63) is 58.5 Å². The maximum absolute atomic E-state index is 12.1. The number of hydrogen-bond donors (Lipinski definition) is 0. The van der Waals surface area contributed by atoms with Gasteiger partial charge >= 0.3 is 0 Å². The molecule has 0 saturated carbocycles. The maximum atomic E-state index is 12.1. The Morgan fingerprint density at radius 1 is 1.14 bits per heavy atom. The van der Waals surface area contributed by atoms with Crippen molar-refractivity contribution in [2.75, 3.05) is 18.0 Å². The predicted molar refractivity (Wildman–Crippen MR) is 80.7 cm³/mol. The van der Waals surface area contributed by atoms with E-state index in [0.29, 0.717) is 5.56 Å². The molecular weight excluding hydrogens is 266 g/mol. The van der Waals surface area contributed by atoms with Gasteiger partial charge in [-0.15, -0.1) is 0 Å². The van der Waals surface area contributed by atoms with Crippen molar-refractivity contribution in [1.82, 2.24) is 9.78 Å². The molecule has 1 aromatic heterocycles. The highest BCUT2D eigenvalue weighted by Gasteiger charge is 2.14. The first-order valence-corrected chi connectivity index (χ1v) is 7.14. The first-order valence-electron chi connectivity index (χ1n) is 7.14. The number of anilines is 1. The molecule has 0 spiro atoms. The first-order chi connectivity index (χ1) is 10.2. The van der Waals surface area contributed by atoms with Crippen LogP contribution in [0.2, 0.25) is 0 Å². The lowest BCUT2D eigenvalue weighted by Gasteiger charge is -2.16. The predicted octanol–water partition coefficient (Wildman–Crippen LogP) is 1.73. The van der Waals surface area contributed by atoms with E-state index in [4.69, 9.17) is 0 Å². The van der Waals surface area contributed by atoms with Crippen LogP contribution in [-0.2, 0) is 6.54 Å². The summed E-state index contributed by atoms with van der Waals surface area (Å²) in [5.74, 6) is -0.112. The van der Waals surface area contributed by atoms with Crippen LogP contribution in [0, 0.1) is 0 Å². The summed E-state index contributed by atoms with van der Waals surface area (Å²) in [5.41, 5.74) is 1.21. The second-order valence-electron chi connectivity index (χ2n) is 5.19. The molecule has 0 aliphatic carbocycles. The van der Waals surface area contributed by atoms with Gasteiger partial charge in [0.2, 0.25) is 0 Å². The number of rotatable bonds is 4. The number of hydrogen-bond acceptors (Lipinski definition) is 4. The number of carbonyl (C=O) groups is 1. The second kappa shape index (κ2) is 5.91. The minimum absolute atomic E-state index is 0.0247. The summed E-state index contributed by atoms with van der Waals surface area (Å²) in [7, 11) is 0. The highest BCUT2D eigenvalue weighted by molar-refractivity contribution is 5.95. The Kier molecular flexibility index (Phi) is 3.81. The Bertz CT molecular complexity index is 688. The second-order valence-corrected chi connectivity index (χ2v) is 5.19. The summed E-state index contributed by atoms with van der Waals surface area (Å²) in [6.45, 7) is 1.91. The van der Waals surface area contributed by atoms with Crippen LogP contribution in [0.15, 0.2) is 47.4 Å². The largest absolute Gasteiger partial charge is 0.370 e. The Labute approximate surface area is 122 Å². The SMILES string of the molecule is O=C(Cn1ncc(N2CCCC2)cc1=O)c1ccccc1. The Morgan fingerprint density at radius 2 is 1.86 bits per heavy atom. The molecule has 5 nitrogen and oxygen atoms in total. The van der Waals surface area contributed by atoms with Crippen LogP contribution in [0.4, 0.5) is 5.69 Å². The third-order valence-electron chi connectivity index (χ3n) is 3.72. The van der Waals surface area contributed by atoms with E-state index in [0.717, 1.165) is 31.6 Å². The van der Waals surface area contributed by atoms with E-state index in [1.165, 1.54) is 4.68 Å². The molecule has 0 radical (unpaired) electrons. The molecule has 1 aromatic carbocycles. The lowest BCUT2D eigenvalue weighted by molar-refractivity contribution is 0.0965. The van der Waals surface area contributed by atoms with Gasteiger partial charge < -0.3 is 4.90 Å². The molecule has 2 aromatic rings. The molecule has 1 aliphatic rings. The van der Waals surface area contributed by atoms with Crippen molar-refractivity contribution in [2.45, 2.75) is 19.4 Å². The van der Waals surface area contributed by atoms with Crippen molar-refractivity contribution in [3.8, 4) is 0 Å². The zero-order valence-electron chi connectivity index (χ0n) is 11.7. The Hall–Kier alpha value is -2.43. The van der Waals surface area contributed by atoms with Crippen molar-refractivity contribution in [2.24, 2.45) is 0 Å². The smallest absolute Gasteiger partial charge is 0.269 e. The number of ketones is 1. The van der Waals surface area contributed by atoms with Crippen molar-refractivity contribution in [3.63, 3.8) is 0 Å². The van der Waals surface area contributed by atoms with Gasteiger partial charge in [-0.1, -0.05) is 30.3 Å². The topological polar surface area (TPSA) is 55.2 Å². The fourth-order valence-electron chi connectivity index (χ4n) is 2.54. The van der Waals surface area contributed by atoms with Gasteiger partial charge in [0, 0.05) is 24.7 Å².